The molecule has 0 aromatic heterocycles. The summed E-state index contributed by atoms with van der Waals surface area (Å²) in [6.45, 7) is 1.91. The van der Waals surface area contributed by atoms with Crippen molar-refractivity contribution >= 4 is 5.69 Å². The Morgan fingerprint density at radius 2 is 2.33 bits per heavy atom. The number of hydrogen-bond acceptors (Lipinski definition) is 3. The van der Waals surface area contributed by atoms with E-state index in [1.165, 1.54) is 25.0 Å². The first-order valence-electron chi connectivity index (χ1n) is 6.35. The largest absolute Gasteiger partial charge is 0.372 e. The van der Waals surface area contributed by atoms with Crippen LogP contribution in [0.1, 0.15) is 24.8 Å². The second-order valence-electron chi connectivity index (χ2n) is 4.80. The summed E-state index contributed by atoms with van der Waals surface area (Å²) in [5.41, 5.74) is 1.19. The molecule has 0 amide bonds. The van der Waals surface area contributed by atoms with Crippen molar-refractivity contribution in [2.45, 2.75) is 25.3 Å². The maximum atomic E-state index is 13.1. The highest BCUT2D eigenvalue weighted by Gasteiger charge is 2.16. The maximum Gasteiger partial charge on any atom is 0.124 e. The standard InChI is InChI=1S/C14H18FN3/c1-18(10-13-4-2-3-7-17-13)14-6-5-12(15)8-11(14)9-16/h5-6,8,13,17H,2-4,7,10H2,1H3. The number of halogens is 1. The van der Waals surface area contributed by atoms with Crippen LogP contribution in [0.2, 0.25) is 0 Å². The highest BCUT2D eigenvalue weighted by Crippen LogP contribution is 2.21. The van der Waals surface area contributed by atoms with Crippen LogP contribution in [0.15, 0.2) is 18.2 Å². The molecule has 1 aromatic carbocycles. The van der Waals surface area contributed by atoms with Crippen LogP contribution >= 0.6 is 0 Å². The van der Waals surface area contributed by atoms with Crippen molar-refractivity contribution in [3.8, 4) is 6.07 Å². The molecule has 1 atom stereocenters. The molecule has 1 aromatic rings. The van der Waals surface area contributed by atoms with Crippen LogP contribution in [0.4, 0.5) is 10.1 Å². The summed E-state index contributed by atoms with van der Waals surface area (Å²) in [5, 5.41) is 12.5. The lowest BCUT2D eigenvalue weighted by Gasteiger charge is -2.29. The highest BCUT2D eigenvalue weighted by atomic mass is 19.1. The number of rotatable bonds is 3. The molecule has 0 radical (unpaired) electrons. The van der Waals surface area contributed by atoms with E-state index < -0.39 is 0 Å². The molecule has 1 fully saturated rings. The van der Waals surface area contributed by atoms with Gasteiger partial charge in [-0.05, 0) is 37.6 Å². The third-order valence-electron chi connectivity index (χ3n) is 3.40. The van der Waals surface area contributed by atoms with Gasteiger partial charge in [-0.3, -0.25) is 0 Å². The number of benzene rings is 1. The first kappa shape index (κ1) is 12.8. The Labute approximate surface area is 107 Å². The molecule has 4 heteroatoms. The van der Waals surface area contributed by atoms with Gasteiger partial charge < -0.3 is 10.2 Å². The summed E-state index contributed by atoms with van der Waals surface area (Å²) < 4.78 is 13.1. The molecule has 1 unspecified atom stereocenters. The van der Waals surface area contributed by atoms with Gasteiger partial charge in [-0.25, -0.2) is 4.39 Å². The molecule has 96 valence electrons. The molecule has 0 aliphatic carbocycles. The summed E-state index contributed by atoms with van der Waals surface area (Å²) in [7, 11) is 1.95. The lowest BCUT2D eigenvalue weighted by Crippen LogP contribution is -2.42. The molecule has 1 aliphatic rings. The summed E-state index contributed by atoms with van der Waals surface area (Å²) in [6.07, 6.45) is 3.65. The maximum absolute atomic E-state index is 13.1. The number of hydrogen-bond donors (Lipinski definition) is 1. The molecule has 18 heavy (non-hydrogen) atoms. The smallest absolute Gasteiger partial charge is 0.124 e. The van der Waals surface area contributed by atoms with E-state index in [-0.39, 0.29) is 5.82 Å². The number of nitriles is 1. The van der Waals surface area contributed by atoms with Gasteiger partial charge in [-0.1, -0.05) is 6.42 Å². The van der Waals surface area contributed by atoms with Gasteiger partial charge in [0.1, 0.15) is 11.9 Å². The molecule has 1 N–H and O–H groups in total. The highest BCUT2D eigenvalue weighted by molar-refractivity contribution is 5.59. The van der Waals surface area contributed by atoms with Crippen molar-refractivity contribution in [2.75, 3.05) is 25.0 Å². The normalized spacial score (nSPS) is 19.3. The van der Waals surface area contributed by atoms with E-state index in [4.69, 9.17) is 5.26 Å². The minimum Gasteiger partial charge on any atom is -0.372 e. The Morgan fingerprint density at radius 3 is 3.00 bits per heavy atom. The first-order chi connectivity index (χ1) is 8.70. The van der Waals surface area contributed by atoms with Gasteiger partial charge in [0, 0.05) is 19.6 Å². The Morgan fingerprint density at radius 1 is 1.50 bits per heavy atom. The molecular weight excluding hydrogens is 229 g/mol. The van der Waals surface area contributed by atoms with Crippen LogP contribution in [0.3, 0.4) is 0 Å². The Bertz CT molecular complexity index is 447. The minimum atomic E-state index is -0.362. The number of piperidine rings is 1. The average Bonchev–Trinajstić information content (AvgIpc) is 2.39. The molecule has 2 rings (SSSR count). The summed E-state index contributed by atoms with van der Waals surface area (Å²) in [4.78, 5) is 2.03. The van der Waals surface area contributed by atoms with Gasteiger partial charge in [0.25, 0.3) is 0 Å². The zero-order valence-corrected chi connectivity index (χ0v) is 10.6. The SMILES string of the molecule is CN(CC1CCCCN1)c1ccc(F)cc1C#N. The van der Waals surface area contributed by atoms with Gasteiger partial charge in [0.2, 0.25) is 0 Å². The van der Waals surface area contributed by atoms with Gasteiger partial charge >= 0.3 is 0 Å². The summed E-state index contributed by atoms with van der Waals surface area (Å²) in [5.74, 6) is -0.362. The van der Waals surface area contributed by atoms with Gasteiger partial charge in [-0.15, -0.1) is 0 Å². The molecule has 0 saturated carbocycles. The van der Waals surface area contributed by atoms with Crippen molar-refractivity contribution in [2.24, 2.45) is 0 Å². The number of likely N-dealkylation sites (N-methyl/N-ethyl adjacent to an activating group) is 1. The van der Waals surface area contributed by atoms with Crippen molar-refractivity contribution in [3.63, 3.8) is 0 Å². The monoisotopic (exact) mass is 247 g/mol. The fourth-order valence-corrected chi connectivity index (χ4v) is 2.44. The minimum absolute atomic E-state index is 0.362. The third-order valence-corrected chi connectivity index (χ3v) is 3.40. The number of nitrogens with one attached hydrogen (secondary N) is 1. The lowest BCUT2D eigenvalue weighted by atomic mass is 10.0. The number of nitrogens with zero attached hydrogens (tertiary/aromatic N) is 2. The van der Waals surface area contributed by atoms with Crippen LogP contribution in [-0.4, -0.2) is 26.2 Å². The molecule has 3 nitrogen and oxygen atoms in total. The van der Waals surface area contributed by atoms with Crippen molar-refractivity contribution in [1.29, 1.82) is 5.26 Å². The van der Waals surface area contributed by atoms with Crippen molar-refractivity contribution < 1.29 is 4.39 Å². The first-order valence-corrected chi connectivity index (χ1v) is 6.35. The van der Waals surface area contributed by atoms with Crippen molar-refractivity contribution in [1.82, 2.24) is 5.32 Å². The zero-order chi connectivity index (χ0) is 13.0. The predicted octanol–water partition coefficient (Wildman–Crippen LogP) is 2.28. The number of anilines is 1. The topological polar surface area (TPSA) is 39.1 Å². The van der Waals surface area contributed by atoms with Gasteiger partial charge in [0.05, 0.1) is 11.3 Å². The van der Waals surface area contributed by atoms with E-state index in [1.54, 1.807) is 6.07 Å². The third kappa shape index (κ3) is 2.99. The van der Waals surface area contributed by atoms with E-state index in [2.05, 4.69) is 11.4 Å². The fourth-order valence-electron chi connectivity index (χ4n) is 2.44. The van der Waals surface area contributed by atoms with Crippen LogP contribution < -0.4 is 10.2 Å². The van der Waals surface area contributed by atoms with E-state index >= 15 is 0 Å². The van der Waals surface area contributed by atoms with Crippen molar-refractivity contribution in [3.05, 3.63) is 29.6 Å². The van der Waals surface area contributed by atoms with E-state index in [9.17, 15) is 4.39 Å². The van der Waals surface area contributed by atoms with E-state index in [0.717, 1.165) is 25.2 Å². The van der Waals surface area contributed by atoms with E-state index in [0.29, 0.717) is 11.6 Å². The summed E-state index contributed by atoms with van der Waals surface area (Å²) in [6, 6.07) is 6.88. The zero-order valence-electron chi connectivity index (χ0n) is 10.6. The quantitative estimate of drug-likeness (QED) is 0.890. The predicted molar refractivity (Wildman–Crippen MR) is 70.0 cm³/mol. The van der Waals surface area contributed by atoms with Gasteiger partial charge in [-0.2, -0.15) is 5.26 Å². The average molecular weight is 247 g/mol. The molecule has 1 heterocycles. The second-order valence-corrected chi connectivity index (χ2v) is 4.80. The molecule has 1 saturated heterocycles. The molecule has 0 bridgehead atoms. The Kier molecular flexibility index (Phi) is 4.16. The lowest BCUT2D eigenvalue weighted by molar-refractivity contribution is 0.403. The van der Waals surface area contributed by atoms with E-state index in [1.807, 2.05) is 11.9 Å². The molecule has 0 spiro atoms. The molecular formula is C14H18FN3. The van der Waals surface area contributed by atoms with Crippen LogP contribution in [0.5, 0.6) is 0 Å². The Hall–Kier alpha value is -1.60. The van der Waals surface area contributed by atoms with Crippen LogP contribution in [0.25, 0.3) is 0 Å². The second kappa shape index (κ2) is 5.83. The Balaban J connectivity index is 2.08. The van der Waals surface area contributed by atoms with Crippen LogP contribution in [-0.2, 0) is 0 Å². The van der Waals surface area contributed by atoms with Crippen LogP contribution in [0, 0.1) is 17.1 Å². The van der Waals surface area contributed by atoms with Gasteiger partial charge in [0.15, 0.2) is 0 Å². The molecule has 1 aliphatic heterocycles. The fraction of sp³-hybridized carbons (Fsp3) is 0.500. The summed E-state index contributed by atoms with van der Waals surface area (Å²) >= 11 is 0.